The standard InChI is InChI=1S/C24H26N2O3/c1-17(20-12-6-7-14-22(20)29-3)26(2)24(28)16-25-23(27)15-19-11-8-10-18-9-4-5-13-21(18)19/h4-14,17H,15-16H2,1-3H3,(H,25,27). The molecule has 5 nitrogen and oxygen atoms in total. The van der Waals surface area contributed by atoms with E-state index in [2.05, 4.69) is 5.32 Å². The lowest BCUT2D eigenvalue weighted by Crippen LogP contribution is -2.39. The minimum Gasteiger partial charge on any atom is -0.496 e. The molecule has 1 atom stereocenters. The van der Waals surface area contributed by atoms with E-state index in [-0.39, 0.29) is 30.8 Å². The van der Waals surface area contributed by atoms with Gasteiger partial charge in [-0.3, -0.25) is 9.59 Å². The molecule has 0 aliphatic heterocycles. The Bertz CT molecular complexity index is 1010. The number of amides is 2. The molecule has 0 spiro atoms. The molecule has 1 N–H and O–H groups in total. The van der Waals surface area contributed by atoms with Crippen LogP contribution in [0, 0.1) is 0 Å². The van der Waals surface area contributed by atoms with Gasteiger partial charge in [-0.25, -0.2) is 0 Å². The number of carbonyl (C=O) groups is 2. The molecule has 0 bridgehead atoms. The molecule has 1 unspecified atom stereocenters. The molecular formula is C24H26N2O3. The van der Waals surface area contributed by atoms with Gasteiger partial charge in [0.05, 0.1) is 26.1 Å². The van der Waals surface area contributed by atoms with Crippen molar-refractivity contribution in [1.82, 2.24) is 10.2 Å². The molecule has 0 saturated carbocycles. The average Bonchev–Trinajstić information content (AvgIpc) is 2.76. The number of nitrogens with zero attached hydrogens (tertiary/aromatic N) is 1. The number of methoxy groups -OCH3 is 1. The highest BCUT2D eigenvalue weighted by molar-refractivity contribution is 5.91. The molecule has 0 aromatic heterocycles. The molecule has 5 heteroatoms. The maximum Gasteiger partial charge on any atom is 0.242 e. The first-order chi connectivity index (χ1) is 14.0. The smallest absolute Gasteiger partial charge is 0.242 e. The zero-order valence-electron chi connectivity index (χ0n) is 17.0. The Kier molecular flexibility index (Phi) is 6.50. The van der Waals surface area contributed by atoms with Crippen LogP contribution in [0.4, 0.5) is 0 Å². The van der Waals surface area contributed by atoms with Gasteiger partial charge in [0.15, 0.2) is 0 Å². The van der Waals surface area contributed by atoms with Crippen LogP contribution in [0.2, 0.25) is 0 Å². The molecule has 0 fully saturated rings. The number of hydrogen-bond acceptors (Lipinski definition) is 3. The first-order valence-electron chi connectivity index (χ1n) is 9.63. The quantitative estimate of drug-likeness (QED) is 0.669. The Labute approximate surface area is 171 Å². The van der Waals surface area contributed by atoms with Gasteiger partial charge in [-0.2, -0.15) is 0 Å². The molecule has 0 heterocycles. The molecule has 0 saturated heterocycles. The zero-order chi connectivity index (χ0) is 20.8. The second-order valence-corrected chi connectivity index (χ2v) is 7.01. The molecule has 3 rings (SSSR count). The highest BCUT2D eigenvalue weighted by Crippen LogP contribution is 2.28. The lowest BCUT2D eigenvalue weighted by molar-refractivity contribution is -0.133. The number of fused-ring (bicyclic) bond motifs is 1. The summed E-state index contributed by atoms with van der Waals surface area (Å²) in [5.74, 6) is 0.405. The van der Waals surface area contributed by atoms with Crippen LogP contribution >= 0.6 is 0 Å². The van der Waals surface area contributed by atoms with Crippen molar-refractivity contribution in [2.45, 2.75) is 19.4 Å². The Balaban J connectivity index is 1.60. The fourth-order valence-corrected chi connectivity index (χ4v) is 3.42. The van der Waals surface area contributed by atoms with Crippen LogP contribution in [-0.2, 0) is 16.0 Å². The zero-order valence-corrected chi connectivity index (χ0v) is 17.0. The fourth-order valence-electron chi connectivity index (χ4n) is 3.42. The third-order valence-corrected chi connectivity index (χ3v) is 5.23. The van der Waals surface area contributed by atoms with Crippen LogP contribution < -0.4 is 10.1 Å². The third-order valence-electron chi connectivity index (χ3n) is 5.23. The Hall–Kier alpha value is -3.34. The summed E-state index contributed by atoms with van der Waals surface area (Å²) in [5.41, 5.74) is 1.87. The summed E-state index contributed by atoms with van der Waals surface area (Å²) in [6.45, 7) is 1.90. The SMILES string of the molecule is COc1ccccc1C(C)N(C)C(=O)CNC(=O)Cc1cccc2ccccc12. The van der Waals surface area contributed by atoms with E-state index in [1.165, 1.54) is 0 Å². The van der Waals surface area contributed by atoms with E-state index in [1.54, 1.807) is 19.1 Å². The van der Waals surface area contributed by atoms with Crippen molar-refractivity contribution in [1.29, 1.82) is 0 Å². The van der Waals surface area contributed by atoms with Gasteiger partial charge in [-0.1, -0.05) is 60.7 Å². The first-order valence-corrected chi connectivity index (χ1v) is 9.63. The number of hydrogen-bond donors (Lipinski definition) is 1. The first kappa shape index (κ1) is 20.4. The number of ether oxygens (including phenoxy) is 1. The van der Waals surface area contributed by atoms with Crippen molar-refractivity contribution in [2.75, 3.05) is 20.7 Å². The Morgan fingerprint density at radius 2 is 1.69 bits per heavy atom. The van der Waals surface area contributed by atoms with Gasteiger partial charge < -0.3 is 15.0 Å². The van der Waals surface area contributed by atoms with Crippen LogP contribution in [0.15, 0.2) is 66.7 Å². The van der Waals surface area contributed by atoms with Crippen LogP contribution in [0.1, 0.15) is 24.1 Å². The Morgan fingerprint density at radius 3 is 2.48 bits per heavy atom. The van der Waals surface area contributed by atoms with Crippen LogP contribution in [0.5, 0.6) is 5.75 Å². The summed E-state index contributed by atoms with van der Waals surface area (Å²) in [5, 5.41) is 4.90. The van der Waals surface area contributed by atoms with E-state index in [4.69, 9.17) is 4.74 Å². The van der Waals surface area contributed by atoms with Crippen molar-refractivity contribution >= 4 is 22.6 Å². The molecule has 150 valence electrons. The highest BCUT2D eigenvalue weighted by Gasteiger charge is 2.20. The number of likely N-dealkylation sites (N-methyl/N-ethyl adjacent to an activating group) is 1. The minimum atomic E-state index is -0.173. The predicted octanol–water partition coefficient (Wildman–Crippen LogP) is 3.73. The minimum absolute atomic E-state index is 0.0421. The second-order valence-electron chi connectivity index (χ2n) is 7.01. The van der Waals surface area contributed by atoms with Gasteiger partial charge in [0.25, 0.3) is 0 Å². The lowest BCUT2D eigenvalue weighted by Gasteiger charge is -2.26. The van der Waals surface area contributed by atoms with E-state index in [0.717, 1.165) is 27.6 Å². The number of carbonyl (C=O) groups excluding carboxylic acids is 2. The molecular weight excluding hydrogens is 364 g/mol. The maximum absolute atomic E-state index is 12.6. The fraction of sp³-hybridized carbons (Fsp3) is 0.250. The Morgan fingerprint density at radius 1 is 1.00 bits per heavy atom. The molecule has 0 aliphatic carbocycles. The van der Waals surface area contributed by atoms with E-state index in [9.17, 15) is 9.59 Å². The number of benzene rings is 3. The van der Waals surface area contributed by atoms with Gasteiger partial charge in [0, 0.05) is 12.6 Å². The van der Waals surface area contributed by atoms with Crippen molar-refractivity contribution in [3.8, 4) is 5.75 Å². The molecule has 0 aliphatic rings. The topological polar surface area (TPSA) is 58.6 Å². The molecule has 3 aromatic carbocycles. The number of nitrogens with one attached hydrogen (secondary N) is 1. The summed E-state index contributed by atoms with van der Waals surface area (Å²) in [6.07, 6.45) is 0.237. The van der Waals surface area contributed by atoms with E-state index in [0.29, 0.717) is 0 Å². The number of rotatable bonds is 7. The van der Waals surface area contributed by atoms with E-state index in [1.807, 2.05) is 73.7 Å². The molecule has 2 amide bonds. The predicted molar refractivity (Wildman–Crippen MR) is 115 cm³/mol. The third kappa shape index (κ3) is 4.74. The lowest BCUT2D eigenvalue weighted by atomic mass is 10.0. The summed E-state index contributed by atoms with van der Waals surface area (Å²) in [7, 11) is 3.34. The maximum atomic E-state index is 12.6. The number of para-hydroxylation sites is 1. The van der Waals surface area contributed by atoms with Gasteiger partial charge in [0.1, 0.15) is 5.75 Å². The van der Waals surface area contributed by atoms with Crippen molar-refractivity contribution in [3.05, 3.63) is 77.9 Å². The molecule has 0 radical (unpaired) electrons. The van der Waals surface area contributed by atoms with Crippen molar-refractivity contribution in [3.63, 3.8) is 0 Å². The van der Waals surface area contributed by atoms with Crippen molar-refractivity contribution in [2.24, 2.45) is 0 Å². The van der Waals surface area contributed by atoms with Gasteiger partial charge in [-0.05, 0) is 29.3 Å². The molecule has 29 heavy (non-hydrogen) atoms. The monoisotopic (exact) mass is 390 g/mol. The second kappa shape index (κ2) is 9.24. The van der Waals surface area contributed by atoms with Gasteiger partial charge in [-0.15, -0.1) is 0 Å². The van der Waals surface area contributed by atoms with Crippen LogP contribution in [0.25, 0.3) is 10.8 Å². The van der Waals surface area contributed by atoms with E-state index >= 15 is 0 Å². The van der Waals surface area contributed by atoms with Gasteiger partial charge >= 0.3 is 0 Å². The summed E-state index contributed by atoms with van der Waals surface area (Å²) in [6, 6.07) is 21.3. The average molecular weight is 390 g/mol. The summed E-state index contributed by atoms with van der Waals surface area (Å²) < 4.78 is 5.39. The summed E-state index contributed by atoms with van der Waals surface area (Å²) >= 11 is 0. The van der Waals surface area contributed by atoms with Crippen LogP contribution in [0.3, 0.4) is 0 Å². The summed E-state index contributed by atoms with van der Waals surface area (Å²) in [4.78, 5) is 26.6. The largest absolute Gasteiger partial charge is 0.496 e. The van der Waals surface area contributed by atoms with Gasteiger partial charge in [0.2, 0.25) is 11.8 Å². The van der Waals surface area contributed by atoms with Crippen LogP contribution in [-0.4, -0.2) is 37.4 Å². The highest BCUT2D eigenvalue weighted by atomic mass is 16.5. The molecule has 3 aromatic rings. The van der Waals surface area contributed by atoms with E-state index < -0.39 is 0 Å². The normalized spacial score (nSPS) is 11.7. The van der Waals surface area contributed by atoms with Crippen molar-refractivity contribution < 1.29 is 14.3 Å².